The van der Waals surface area contributed by atoms with E-state index in [2.05, 4.69) is 24.9 Å². The molecule has 196 valence electrons. The van der Waals surface area contributed by atoms with Crippen molar-refractivity contribution >= 4 is 27.3 Å². The Morgan fingerprint density at radius 3 is 2.32 bits per heavy atom. The van der Waals surface area contributed by atoms with E-state index in [-0.39, 0.29) is 5.95 Å². The molecule has 37 heavy (non-hydrogen) atoms. The number of anilines is 1. The minimum Gasteiger partial charge on any atom is -0.494 e. The van der Waals surface area contributed by atoms with Gasteiger partial charge in [-0.05, 0) is 51.5 Å². The third kappa shape index (κ3) is 5.15. The third-order valence-electron chi connectivity index (χ3n) is 5.89. The van der Waals surface area contributed by atoms with Gasteiger partial charge in [-0.2, -0.15) is 0 Å². The van der Waals surface area contributed by atoms with E-state index in [9.17, 15) is 13.5 Å². The number of aliphatic hydroxyl groups is 1. The summed E-state index contributed by atoms with van der Waals surface area (Å²) in [7, 11) is -1.17. The van der Waals surface area contributed by atoms with E-state index in [1.54, 1.807) is 30.6 Å². The molecular formula is C24H28N6O5S2. The molecule has 0 amide bonds. The summed E-state index contributed by atoms with van der Waals surface area (Å²) < 4.78 is 42.1. The molecule has 13 heteroatoms. The van der Waals surface area contributed by atoms with Gasteiger partial charge in [0.25, 0.3) is 0 Å². The van der Waals surface area contributed by atoms with Gasteiger partial charge >= 0.3 is 0 Å². The summed E-state index contributed by atoms with van der Waals surface area (Å²) in [6, 6.07) is 7.04. The zero-order valence-electron chi connectivity index (χ0n) is 21.3. The van der Waals surface area contributed by atoms with E-state index in [1.807, 2.05) is 26.8 Å². The Bertz CT molecular complexity index is 1490. The number of aryl methyl sites for hydroxylation is 3. The van der Waals surface area contributed by atoms with Gasteiger partial charge in [0, 0.05) is 22.8 Å². The van der Waals surface area contributed by atoms with Crippen LogP contribution in [0.4, 0.5) is 5.95 Å². The Balaban J connectivity index is 1.84. The number of aliphatic hydroxyl groups excluding tert-OH is 1. The quantitative estimate of drug-likeness (QED) is 0.323. The molecule has 2 atom stereocenters. The van der Waals surface area contributed by atoms with Crippen LogP contribution in [-0.4, -0.2) is 57.7 Å². The van der Waals surface area contributed by atoms with Crippen LogP contribution >= 0.6 is 11.3 Å². The van der Waals surface area contributed by atoms with Crippen LogP contribution in [-0.2, 0) is 10.0 Å². The summed E-state index contributed by atoms with van der Waals surface area (Å²) in [4.78, 5) is 9.46. The standard InChI is InChI=1S/C24H28N6O5S2/c1-13-10-17(12-25-11-13)22-27-28-24(30(22)20-18(34-5)8-7-9-19(20)35-6)29-37(32,33)16(4)21(31)23-26-14(2)15(3)36-23/h7-12,16,21,31H,1-6H3,(H,28,29)/t16-,21?/m1/s1. The lowest BCUT2D eigenvalue weighted by Gasteiger charge is -2.20. The lowest BCUT2D eigenvalue weighted by Crippen LogP contribution is -2.31. The number of rotatable bonds is 9. The van der Waals surface area contributed by atoms with E-state index in [0.29, 0.717) is 33.6 Å². The van der Waals surface area contributed by atoms with Crippen LogP contribution in [0.3, 0.4) is 0 Å². The Labute approximate surface area is 219 Å². The van der Waals surface area contributed by atoms with Gasteiger partial charge in [0.05, 0.1) is 19.9 Å². The number of methoxy groups -OCH3 is 2. The van der Waals surface area contributed by atoms with E-state index >= 15 is 0 Å². The molecule has 0 aliphatic rings. The summed E-state index contributed by atoms with van der Waals surface area (Å²) in [6.45, 7) is 6.97. The van der Waals surface area contributed by atoms with Gasteiger partial charge in [-0.25, -0.2) is 13.4 Å². The van der Waals surface area contributed by atoms with Gasteiger partial charge in [-0.1, -0.05) is 6.07 Å². The molecular weight excluding hydrogens is 516 g/mol. The summed E-state index contributed by atoms with van der Waals surface area (Å²) >= 11 is 1.26. The van der Waals surface area contributed by atoms with Crippen LogP contribution in [0.15, 0.2) is 36.7 Å². The molecule has 0 aliphatic heterocycles. The molecule has 0 radical (unpaired) electrons. The van der Waals surface area contributed by atoms with Crippen molar-refractivity contribution in [3.8, 4) is 28.6 Å². The molecule has 0 saturated heterocycles. The fourth-order valence-corrected chi connectivity index (χ4v) is 5.83. The highest BCUT2D eigenvalue weighted by Gasteiger charge is 2.34. The number of sulfonamides is 1. The molecule has 11 nitrogen and oxygen atoms in total. The van der Waals surface area contributed by atoms with Crippen molar-refractivity contribution in [2.24, 2.45) is 0 Å². The monoisotopic (exact) mass is 544 g/mol. The Kier molecular flexibility index (Phi) is 7.48. The van der Waals surface area contributed by atoms with Crippen molar-refractivity contribution in [2.45, 2.75) is 39.0 Å². The van der Waals surface area contributed by atoms with Crippen LogP contribution in [0.25, 0.3) is 17.1 Å². The molecule has 0 bridgehead atoms. The first-order valence-electron chi connectivity index (χ1n) is 11.3. The third-order valence-corrected chi connectivity index (χ3v) is 8.73. The second-order valence-corrected chi connectivity index (χ2v) is 11.7. The smallest absolute Gasteiger partial charge is 0.243 e. The molecule has 3 heterocycles. The fourth-order valence-electron chi connectivity index (χ4n) is 3.69. The zero-order chi connectivity index (χ0) is 26.9. The SMILES string of the molecule is COc1cccc(OC)c1-n1c(NS(=O)(=O)[C@H](C)C(O)c2nc(C)c(C)s2)nnc1-c1cncc(C)c1. The average molecular weight is 545 g/mol. The first-order valence-corrected chi connectivity index (χ1v) is 13.7. The lowest BCUT2D eigenvalue weighted by atomic mass is 10.2. The fraction of sp³-hybridized carbons (Fsp3) is 0.333. The van der Waals surface area contributed by atoms with Crippen LogP contribution < -0.4 is 14.2 Å². The van der Waals surface area contributed by atoms with Crippen molar-refractivity contribution < 1.29 is 23.0 Å². The van der Waals surface area contributed by atoms with Crippen LogP contribution in [0.2, 0.25) is 0 Å². The van der Waals surface area contributed by atoms with Gasteiger partial charge in [-0.15, -0.1) is 21.5 Å². The van der Waals surface area contributed by atoms with Crippen molar-refractivity contribution in [3.63, 3.8) is 0 Å². The predicted octanol–water partition coefficient (Wildman–Crippen LogP) is 3.59. The minimum absolute atomic E-state index is 0.107. The second-order valence-electron chi connectivity index (χ2n) is 8.44. The van der Waals surface area contributed by atoms with Gasteiger partial charge in [0.2, 0.25) is 16.0 Å². The van der Waals surface area contributed by atoms with Crippen LogP contribution in [0.5, 0.6) is 11.5 Å². The molecule has 0 spiro atoms. The summed E-state index contributed by atoms with van der Waals surface area (Å²) in [6.07, 6.45) is 1.96. The molecule has 1 unspecified atom stereocenters. The minimum atomic E-state index is -4.16. The average Bonchev–Trinajstić information content (AvgIpc) is 3.44. The maximum atomic E-state index is 13.4. The van der Waals surface area contributed by atoms with Crippen molar-refractivity contribution in [3.05, 3.63) is 57.8 Å². The van der Waals surface area contributed by atoms with Gasteiger partial charge in [-0.3, -0.25) is 14.3 Å². The molecule has 0 saturated carbocycles. The zero-order valence-corrected chi connectivity index (χ0v) is 22.9. The molecule has 4 rings (SSSR count). The van der Waals surface area contributed by atoms with Crippen molar-refractivity contribution in [2.75, 3.05) is 18.9 Å². The maximum absolute atomic E-state index is 13.4. The van der Waals surface area contributed by atoms with Gasteiger partial charge in [0.15, 0.2) is 5.82 Å². The molecule has 0 aliphatic carbocycles. The number of para-hydroxylation sites is 1. The molecule has 3 aromatic heterocycles. The van der Waals surface area contributed by atoms with Crippen LogP contribution in [0.1, 0.15) is 34.2 Å². The number of benzene rings is 1. The summed E-state index contributed by atoms with van der Waals surface area (Å²) in [5, 5.41) is 18.4. The lowest BCUT2D eigenvalue weighted by molar-refractivity contribution is 0.175. The van der Waals surface area contributed by atoms with Gasteiger partial charge < -0.3 is 14.6 Å². The van der Waals surface area contributed by atoms with Gasteiger partial charge in [0.1, 0.15) is 33.5 Å². The molecule has 0 fully saturated rings. The maximum Gasteiger partial charge on any atom is 0.243 e. The Morgan fingerprint density at radius 1 is 1.08 bits per heavy atom. The highest BCUT2D eigenvalue weighted by atomic mass is 32.2. The normalized spacial score (nSPS) is 13.3. The summed E-state index contributed by atoms with van der Waals surface area (Å²) in [5.41, 5.74) is 2.63. The summed E-state index contributed by atoms with van der Waals surface area (Å²) in [5.74, 6) is 1.02. The number of hydrogen-bond donors (Lipinski definition) is 2. The van der Waals surface area contributed by atoms with Crippen molar-refractivity contribution in [1.29, 1.82) is 0 Å². The number of pyridine rings is 1. The largest absolute Gasteiger partial charge is 0.494 e. The van der Waals surface area contributed by atoms with Crippen LogP contribution in [0, 0.1) is 20.8 Å². The first-order chi connectivity index (χ1) is 17.6. The topological polar surface area (TPSA) is 141 Å². The van der Waals surface area contributed by atoms with E-state index < -0.39 is 21.4 Å². The number of aromatic nitrogens is 5. The molecule has 4 aromatic rings. The molecule has 2 N–H and O–H groups in total. The van der Waals surface area contributed by atoms with Crippen molar-refractivity contribution in [1.82, 2.24) is 24.7 Å². The van der Waals surface area contributed by atoms with E-state index in [1.165, 1.54) is 37.0 Å². The highest BCUT2D eigenvalue weighted by molar-refractivity contribution is 7.93. The molecule has 1 aromatic carbocycles. The highest BCUT2D eigenvalue weighted by Crippen LogP contribution is 2.38. The second kappa shape index (κ2) is 10.4. The Morgan fingerprint density at radius 2 is 1.76 bits per heavy atom. The predicted molar refractivity (Wildman–Crippen MR) is 141 cm³/mol. The Hall–Kier alpha value is -3.55. The number of nitrogens with zero attached hydrogens (tertiary/aromatic N) is 5. The number of thiazole rings is 1. The number of ether oxygens (including phenoxy) is 2. The number of nitrogens with one attached hydrogen (secondary N) is 1. The number of hydrogen-bond acceptors (Lipinski definition) is 10. The van der Waals surface area contributed by atoms with E-state index in [4.69, 9.17) is 9.47 Å². The van der Waals surface area contributed by atoms with E-state index in [0.717, 1.165) is 16.1 Å². The first kappa shape index (κ1) is 26.5.